The van der Waals surface area contributed by atoms with E-state index in [9.17, 15) is 27.6 Å². The number of halogens is 3. The molecule has 156 valence electrons. The largest absolute Gasteiger partial charge is 0.417 e. The number of piperidine rings is 1. The summed E-state index contributed by atoms with van der Waals surface area (Å²) in [6.07, 6.45) is -4.04. The zero-order chi connectivity index (χ0) is 21.5. The lowest BCUT2D eigenvalue weighted by molar-refractivity contribution is -0.138. The van der Waals surface area contributed by atoms with Gasteiger partial charge in [-0.25, -0.2) is 4.79 Å². The number of likely N-dealkylation sites (tertiary alicyclic amines) is 1. The average Bonchev–Trinajstić information content (AvgIpc) is 2.73. The molecule has 30 heavy (non-hydrogen) atoms. The number of aromatic amines is 1. The topological polar surface area (TPSA) is 75.2 Å². The van der Waals surface area contributed by atoms with Crippen LogP contribution in [0.25, 0.3) is 10.9 Å². The summed E-state index contributed by atoms with van der Waals surface area (Å²) in [7, 11) is 0. The Morgan fingerprint density at radius 1 is 0.967 bits per heavy atom. The summed E-state index contributed by atoms with van der Waals surface area (Å²) in [5.41, 5.74) is -1.88. The monoisotopic (exact) mass is 417 g/mol. The summed E-state index contributed by atoms with van der Waals surface area (Å²) in [6, 6.07) is 10.9. The average molecular weight is 417 g/mol. The number of para-hydroxylation sites is 1. The maximum absolute atomic E-state index is 13.2. The van der Waals surface area contributed by atoms with Gasteiger partial charge in [-0.05, 0) is 37.1 Å². The van der Waals surface area contributed by atoms with Gasteiger partial charge in [0.05, 0.1) is 22.0 Å². The van der Waals surface area contributed by atoms with Crippen molar-refractivity contribution in [2.75, 3.05) is 13.1 Å². The van der Waals surface area contributed by atoms with Gasteiger partial charge in [-0.1, -0.05) is 24.3 Å². The van der Waals surface area contributed by atoms with Crippen molar-refractivity contribution in [2.45, 2.75) is 25.1 Å². The Labute approximate surface area is 168 Å². The number of carbonyl (C=O) groups is 1. The first-order valence-electron chi connectivity index (χ1n) is 9.46. The number of alkyl halides is 3. The van der Waals surface area contributed by atoms with E-state index in [2.05, 4.69) is 4.98 Å². The SMILES string of the molecule is O=C(c1ccccc1C(F)(F)F)N1CCC(n2c(=O)[nH]c3ccccc3c2=O)CC1. The molecule has 1 N–H and O–H groups in total. The molecular formula is C21H18F3N3O3. The Morgan fingerprint density at radius 3 is 2.30 bits per heavy atom. The molecule has 0 spiro atoms. The van der Waals surface area contributed by atoms with E-state index in [-0.39, 0.29) is 13.1 Å². The molecule has 1 aromatic heterocycles. The normalized spacial score (nSPS) is 15.5. The van der Waals surface area contributed by atoms with Crippen molar-refractivity contribution >= 4 is 16.8 Å². The second-order valence-electron chi connectivity index (χ2n) is 7.22. The zero-order valence-electron chi connectivity index (χ0n) is 15.8. The highest BCUT2D eigenvalue weighted by molar-refractivity contribution is 5.96. The summed E-state index contributed by atoms with van der Waals surface area (Å²) in [5, 5.41) is 0.384. The van der Waals surface area contributed by atoms with E-state index in [0.29, 0.717) is 23.7 Å². The van der Waals surface area contributed by atoms with Crippen LogP contribution in [0.15, 0.2) is 58.1 Å². The van der Waals surface area contributed by atoms with E-state index in [1.165, 1.54) is 17.0 Å². The molecule has 1 aliphatic heterocycles. The minimum absolute atomic E-state index is 0.147. The number of hydrogen-bond acceptors (Lipinski definition) is 3. The van der Waals surface area contributed by atoms with Crippen LogP contribution in [0.2, 0.25) is 0 Å². The van der Waals surface area contributed by atoms with Crippen molar-refractivity contribution in [3.63, 3.8) is 0 Å². The fourth-order valence-electron chi connectivity index (χ4n) is 3.92. The number of aromatic nitrogens is 2. The molecule has 0 saturated carbocycles. The van der Waals surface area contributed by atoms with Crippen molar-refractivity contribution in [3.05, 3.63) is 80.5 Å². The van der Waals surface area contributed by atoms with Gasteiger partial charge in [-0.15, -0.1) is 0 Å². The predicted octanol–water partition coefficient (Wildman–Crippen LogP) is 3.19. The van der Waals surface area contributed by atoms with Crippen LogP contribution in [0, 0.1) is 0 Å². The third-order valence-corrected chi connectivity index (χ3v) is 5.42. The van der Waals surface area contributed by atoms with Gasteiger partial charge in [0.1, 0.15) is 0 Å². The van der Waals surface area contributed by atoms with E-state index < -0.39 is 40.5 Å². The van der Waals surface area contributed by atoms with Crippen LogP contribution in [0.4, 0.5) is 13.2 Å². The molecule has 0 bridgehead atoms. The molecule has 6 nitrogen and oxygen atoms in total. The van der Waals surface area contributed by atoms with Crippen molar-refractivity contribution < 1.29 is 18.0 Å². The Bertz CT molecular complexity index is 1220. The molecule has 0 atom stereocenters. The summed E-state index contributed by atoms with van der Waals surface area (Å²) in [5.74, 6) is -0.707. The molecule has 1 saturated heterocycles. The van der Waals surface area contributed by atoms with E-state index in [1.807, 2.05) is 0 Å². The third kappa shape index (κ3) is 3.51. The van der Waals surface area contributed by atoms with Crippen LogP contribution in [0.5, 0.6) is 0 Å². The fraction of sp³-hybridized carbons (Fsp3) is 0.286. The molecule has 4 rings (SSSR count). The third-order valence-electron chi connectivity index (χ3n) is 5.42. The molecule has 9 heteroatoms. The van der Waals surface area contributed by atoms with Crippen LogP contribution in [-0.4, -0.2) is 33.4 Å². The van der Waals surface area contributed by atoms with Crippen LogP contribution in [-0.2, 0) is 6.18 Å². The van der Waals surface area contributed by atoms with E-state index >= 15 is 0 Å². The first kappa shape index (κ1) is 19.9. The van der Waals surface area contributed by atoms with Gasteiger partial charge in [0, 0.05) is 19.1 Å². The molecule has 1 amide bonds. The van der Waals surface area contributed by atoms with Gasteiger partial charge in [0.2, 0.25) is 0 Å². The first-order valence-corrected chi connectivity index (χ1v) is 9.46. The highest BCUT2D eigenvalue weighted by Crippen LogP contribution is 2.33. The van der Waals surface area contributed by atoms with Crippen molar-refractivity contribution in [1.29, 1.82) is 0 Å². The maximum atomic E-state index is 13.2. The fourth-order valence-corrected chi connectivity index (χ4v) is 3.92. The summed E-state index contributed by atoms with van der Waals surface area (Å²) in [4.78, 5) is 42.0. The van der Waals surface area contributed by atoms with Crippen LogP contribution in [0.1, 0.15) is 34.8 Å². The Morgan fingerprint density at radius 2 is 1.60 bits per heavy atom. The zero-order valence-corrected chi connectivity index (χ0v) is 15.8. The van der Waals surface area contributed by atoms with Crippen molar-refractivity contribution in [3.8, 4) is 0 Å². The lowest BCUT2D eigenvalue weighted by atomic mass is 10.0. The Balaban J connectivity index is 1.57. The maximum Gasteiger partial charge on any atom is 0.417 e. The Kier molecular flexibility index (Phi) is 4.97. The number of rotatable bonds is 2. The number of carbonyl (C=O) groups excluding carboxylic acids is 1. The second kappa shape index (κ2) is 7.47. The number of hydrogen-bond donors (Lipinski definition) is 1. The Hall–Kier alpha value is -3.36. The molecular weight excluding hydrogens is 399 g/mol. The minimum Gasteiger partial charge on any atom is -0.338 e. The number of fused-ring (bicyclic) bond motifs is 1. The smallest absolute Gasteiger partial charge is 0.338 e. The molecule has 2 heterocycles. The molecule has 0 aliphatic carbocycles. The number of benzene rings is 2. The summed E-state index contributed by atoms with van der Waals surface area (Å²) < 4.78 is 40.8. The lowest BCUT2D eigenvalue weighted by Crippen LogP contribution is -2.45. The number of amides is 1. The van der Waals surface area contributed by atoms with Gasteiger partial charge in [0.15, 0.2) is 0 Å². The van der Waals surface area contributed by atoms with Crippen LogP contribution < -0.4 is 11.2 Å². The molecule has 0 unspecified atom stereocenters. The van der Waals surface area contributed by atoms with E-state index in [0.717, 1.165) is 16.7 Å². The highest BCUT2D eigenvalue weighted by atomic mass is 19.4. The van der Waals surface area contributed by atoms with Gasteiger partial charge in [-0.2, -0.15) is 13.2 Å². The molecule has 2 aromatic carbocycles. The van der Waals surface area contributed by atoms with Crippen molar-refractivity contribution in [1.82, 2.24) is 14.5 Å². The predicted molar refractivity (Wildman–Crippen MR) is 104 cm³/mol. The van der Waals surface area contributed by atoms with Gasteiger partial charge in [0.25, 0.3) is 11.5 Å². The first-order chi connectivity index (χ1) is 14.3. The summed E-state index contributed by atoms with van der Waals surface area (Å²) >= 11 is 0. The number of nitrogens with one attached hydrogen (secondary N) is 1. The van der Waals surface area contributed by atoms with E-state index in [1.54, 1.807) is 24.3 Å². The number of H-pyrrole nitrogens is 1. The lowest BCUT2D eigenvalue weighted by Gasteiger charge is -2.33. The van der Waals surface area contributed by atoms with Gasteiger partial charge in [-0.3, -0.25) is 14.2 Å². The second-order valence-corrected chi connectivity index (χ2v) is 7.22. The minimum atomic E-state index is -4.63. The van der Waals surface area contributed by atoms with Gasteiger partial charge < -0.3 is 9.88 Å². The van der Waals surface area contributed by atoms with Crippen LogP contribution >= 0.6 is 0 Å². The van der Waals surface area contributed by atoms with Crippen molar-refractivity contribution in [2.24, 2.45) is 0 Å². The molecule has 3 aromatic rings. The highest BCUT2D eigenvalue weighted by Gasteiger charge is 2.36. The van der Waals surface area contributed by atoms with Crippen LogP contribution in [0.3, 0.4) is 0 Å². The van der Waals surface area contributed by atoms with E-state index in [4.69, 9.17) is 0 Å². The molecule has 1 fully saturated rings. The standard InChI is InChI=1S/C21H18F3N3O3/c22-21(23,24)16-7-3-1-5-14(16)18(28)26-11-9-13(10-12-26)27-19(29)15-6-2-4-8-17(15)25-20(27)30/h1-8,13H,9-12H2,(H,25,30). The molecule has 0 radical (unpaired) electrons. The summed E-state index contributed by atoms with van der Waals surface area (Å²) in [6.45, 7) is 0.294. The number of nitrogens with zero attached hydrogens (tertiary/aromatic N) is 2. The van der Waals surface area contributed by atoms with Gasteiger partial charge >= 0.3 is 11.9 Å². The quantitative estimate of drug-likeness (QED) is 0.696. The molecule has 1 aliphatic rings.